The van der Waals surface area contributed by atoms with E-state index < -0.39 is 11.7 Å². The van der Waals surface area contributed by atoms with Crippen molar-refractivity contribution in [3.05, 3.63) is 69.2 Å². The molecule has 0 saturated heterocycles. The first kappa shape index (κ1) is 34.0. The smallest absolute Gasteiger partial charge is 0.407 e. The van der Waals surface area contributed by atoms with Crippen molar-refractivity contribution in [1.82, 2.24) is 35.7 Å². The van der Waals surface area contributed by atoms with E-state index in [0.29, 0.717) is 21.7 Å². The molecule has 1 aliphatic carbocycles. The van der Waals surface area contributed by atoms with E-state index >= 15 is 0 Å². The third-order valence-corrected chi connectivity index (χ3v) is 9.45. The number of hydrogen-bond acceptors (Lipinski definition) is 12. The molecule has 0 spiro atoms. The normalized spacial score (nSPS) is 16.3. The molecule has 4 aromatic heterocycles. The number of ether oxygens (including phenoxy) is 1. The van der Waals surface area contributed by atoms with Gasteiger partial charge in [0.2, 0.25) is 22.1 Å². The highest BCUT2D eigenvalue weighted by atomic mass is 32.1. The number of carbonyl (C=O) groups excluding carboxylic acids is 3. The zero-order chi connectivity index (χ0) is 33.4. The molecule has 1 fully saturated rings. The molecule has 4 heterocycles. The molecule has 0 bridgehead atoms. The largest absolute Gasteiger partial charge is 0.444 e. The van der Waals surface area contributed by atoms with Gasteiger partial charge in [0.15, 0.2) is 0 Å². The third-order valence-electron chi connectivity index (χ3n) is 7.45. The Balaban J connectivity index is 1.08. The predicted octanol–water partition coefficient (Wildman–Crippen LogP) is 5.57. The molecule has 2 atom stereocenters. The maximum Gasteiger partial charge on any atom is 0.407 e. The Morgan fingerprint density at radius 1 is 0.809 bits per heavy atom. The highest BCUT2D eigenvalue weighted by Gasteiger charge is 2.29. The van der Waals surface area contributed by atoms with Gasteiger partial charge in [0, 0.05) is 42.2 Å². The Hall–Kier alpha value is -4.37. The van der Waals surface area contributed by atoms with Crippen LogP contribution >= 0.6 is 22.7 Å². The Kier molecular flexibility index (Phi) is 11.2. The summed E-state index contributed by atoms with van der Waals surface area (Å²) in [6, 6.07) is 7.44. The van der Waals surface area contributed by atoms with Gasteiger partial charge in [-0.05, 0) is 69.7 Å². The Morgan fingerprint density at radius 3 is 1.81 bits per heavy atom. The maximum atomic E-state index is 12.7. The van der Waals surface area contributed by atoms with Crippen LogP contribution in [-0.2, 0) is 40.1 Å². The molecular weight excluding hydrogens is 639 g/mol. The van der Waals surface area contributed by atoms with Crippen molar-refractivity contribution in [2.24, 2.45) is 0 Å². The summed E-state index contributed by atoms with van der Waals surface area (Å²) in [5.41, 5.74) is 2.66. The van der Waals surface area contributed by atoms with Crippen LogP contribution in [-0.4, -0.2) is 53.9 Å². The fourth-order valence-corrected chi connectivity index (χ4v) is 6.93. The van der Waals surface area contributed by atoms with Gasteiger partial charge in [-0.15, -0.1) is 20.4 Å². The van der Waals surface area contributed by atoms with Gasteiger partial charge in [0.25, 0.3) is 0 Å². The summed E-state index contributed by atoms with van der Waals surface area (Å²) in [6.45, 7) is 7.74. The number of carbonyl (C=O) groups is 3. The first-order chi connectivity index (χ1) is 22.5. The fourth-order valence-electron chi connectivity index (χ4n) is 5.12. The Bertz CT molecular complexity index is 1670. The molecule has 15 heteroatoms. The van der Waals surface area contributed by atoms with Crippen molar-refractivity contribution in [3.8, 4) is 0 Å². The zero-order valence-corrected chi connectivity index (χ0v) is 28.5. The van der Waals surface area contributed by atoms with Gasteiger partial charge in [-0.1, -0.05) is 48.2 Å². The summed E-state index contributed by atoms with van der Waals surface area (Å²) < 4.78 is 5.24. The number of hydrogen-bond donors (Lipinski definition) is 3. The second-order valence-electron chi connectivity index (χ2n) is 12.4. The van der Waals surface area contributed by atoms with Crippen molar-refractivity contribution in [2.75, 3.05) is 10.6 Å². The molecule has 13 nitrogen and oxygen atoms in total. The van der Waals surface area contributed by atoms with Crippen molar-refractivity contribution in [2.45, 2.75) is 96.6 Å². The van der Waals surface area contributed by atoms with E-state index in [9.17, 15) is 14.4 Å². The number of amides is 3. The van der Waals surface area contributed by atoms with Gasteiger partial charge in [0.05, 0.1) is 12.8 Å². The number of anilines is 2. The number of pyridine rings is 2. The lowest BCUT2D eigenvalue weighted by Gasteiger charge is -2.25. The fraction of sp³-hybridized carbons (Fsp3) is 0.469. The summed E-state index contributed by atoms with van der Waals surface area (Å²) in [5, 5.41) is 28.3. The van der Waals surface area contributed by atoms with Crippen molar-refractivity contribution in [3.63, 3.8) is 0 Å². The van der Waals surface area contributed by atoms with Crippen LogP contribution in [0.4, 0.5) is 15.1 Å². The molecule has 1 saturated carbocycles. The lowest BCUT2D eigenvalue weighted by molar-refractivity contribution is -0.116. The quantitative estimate of drug-likeness (QED) is 0.182. The van der Waals surface area contributed by atoms with Crippen molar-refractivity contribution < 1.29 is 19.1 Å². The molecule has 1 aliphatic rings. The summed E-state index contributed by atoms with van der Waals surface area (Å²) >= 11 is 2.79. The second-order valence-corrected chi connectivity index (χ2v) is 14.4. The summed E-state index contributed by atoms with van der Waals surface area (Å²) in [7, 11) is 0. The van der Waals surface area contributed by atoms with Crippen molar-refractivity contribution in [1.29, 1.82) is 0 Å². The van der Waals surface area contributed by atoms with E-state index in [-0.39, 0.29) is 43.0 Å². The molecule has 0 aliphatic heterocycles. The minimum atomic E-state index is -0.571. The van der Waals surface area contributed by atoms with E-state index in [1.807, 2.05) is 18.2 Å². The second kappa shape index (κ2) is 15.5. The van der Waals surface area contributed by atoms with Crippen LogP contribution in [0.5, 0.6) is 0 Å². The van der Waals surface area contributed by atoms with Crippen LogP contribution in [0.25, 0.3) is 0 Å². The van der Waals surface area contributed by atoms with E-state index in [1.165, 1.54) is 22.7 Å². The number of aryl methyl sites for hydroxylation is 1. The Labute approximate surface area is 281 Å². The number of alkyl carbamates (subject to hydrolysis) is 1. The highest BCUT2D eigenvalue weighted by Crippen LogP contribution is 2.43. The monoisotopic (exact) mass is 677 g/mol. The third kappa shape index (κ3) is 10.3. The standard InChI is InChI=1S/C32H39N9O4S2/c1-5-19-9-11-23(33-16-19)14-25(42)36-29-40-38-27(46-29)21-7-6-8-22(13-21)28-39-41-30(47-28)37-26(43)15-24-12-10-20(17-34-24)18-35-31(44)45-32(2,3)4/h9-12,16-17,21-22H,5-8,13-15,18H2,1-4H3,(H,35,44)(H,36,40,42)(H,37,41,43)/t21-,22-/m0/s1. The molecule has 0 radical (unpaired) electrons. The molecule has 3 amide bonds. The average Bonchev–Trinajstić information content (AvgIpc) is 3.70. The van der Waals surface area contributed by atoms with E-state index in [4.69, 9.17) is 4.74 Å². The van der Waals surface area contributed by atoms with Crippen LogP contribution in [0, 0.1) is 0 Å². The molecule has 47 heavy (non-hydrogen) atoms. The lowest BCUT2D eigenvalue weighted by Crippen LogP contribution is -2.32. The van der Waals surface area contributed by atoms with Crippen LogP contribution in [0.3, 0.4) is 0 Å². The van der Waals surface area contributed by atoms with Gasteiger partial charge in [0.1, 0.15) is 15.6 Å². The lowest BCUT2D eigenvalue weighted by atomic mass is 9.82. The highest BCUT2D eigenvalue weighted by molar-refractivity contribution is 7.15. The number of nitrogens with one attached hydrogen (secondary N) is 3. The van der Waals surface area contributed by atoms with Gasteiger partial charge >= 0.3 is 6.09 Å². The molecule has 0 aromatic carbocycles. The summed E-state index contributed by atoms with van der Waals surface area (Å²) in [5.74, 6) is -0.0108. The molecule has 5 rings (SSSR count). The topological polar surface area (TPSA) is 174 Å². The van der Waals surface area contributed by atoms with Crippen LogP contribution in [0.1, 0.15) is 97.7 Å². The summed E-state index contributed by atoms with van der Waals surface area (Å²) in [4.78, 5) is 45.8. The van der Waals surface area contributed by atoms with E-state index in [0.717, 1.165) is 53.2 Å². The molecule has 4 aromatic rings. The number of rotatable bonds is 11. The first-order valence-electron chi connectivity index (χ1n) is 15.6. The maximum absolute atomic E-state index is 12.7. The molecule has 0 unspecified atom stereocenters. The minimum absolute atomic E-state index is 0.0811. The minimum Gasteiger partial charge on any atom is -0.444 e. The van der Waals surface area contributed by atoms with E-state index in [1.54, 1.807) is 39.2 Å². The van der Waals surface area contributed by atoms with Crippen LogP contribution < -0.4 is 16.0 Å². The SMILES string of the molecule is CCc1ccc(CC(=O)Nc2nnc([C@H]3CCC[C@H](c4nnc(NC(=O)Cc5ccc(CNC(=O)OC(C)(C)C)cn5)s4)C3)s2)nc1. The molecule has 248 valence electrons. The first-order valence-corrected chi connectivity index (χ1v) is 17.3. The number of nitrogens with zero attached hydrogens (tertiary/aromatic N) is 6. The average molecular weight is 678 g/mol. The predicted molar refractivity (Wildman–Crippen MR) is 179 cm³/mol. The summed E-state index contributed by atoms with van der Waals surface area (Å²) in [6.07, 6.45) is 7.90. The molecular formula is C32H39N9O4S2. The van der Waals surface area contributed by atoms with Gasteiger partial charge in [-0.3, -0.25) is 19.6 Å². The zero-order valence-electron chi connectivity index (χ0n) is 26.9. The number of aromatic nitrogens is 6. The van der Waals surface area contributed by atoms with Gasteiger partial charge in [-0.25, -0.2) is 4.79 Å². The van der Waals surface area contributed by atoms with Gasteiger partial charge < -0.3 is 20.7 Å². The molecule has 3 N–H and O–H groups in total. The van der Waals surface area contributed by atoms with Gasteiger partial charge in [-0.2, -0.15) is 0 Å². The van der Waals surface area contributed by atoms with Crippen LogP contribution in [0.2, 0.25) is 0 Å². The van der Waals surface area contributed by atoms with Crippen LogP contribution in [0.15, 0.2) is 36.7 Å². The van der Waals surface area contributed by atoms with Crippen molar-refractivity contribution >= 4 is 50.8 Å². The van der Waals surface area contributed by atoms with E-state index in [2.05, 4.69) is 53.2 Å². The Morgan fingerprint density at radius 2 is 1.34 bits per heavy atom.